The molecular formula is C13H17BrN2S. The Bertz CT molecular complexity index is 412. The van der Waals surface area contributed by atoms with Crippen molar-refractivity contribution in [2.75, 3.05) is 18.0 Å². The van der Waals surface area contributed by atoms with Gasteiger partial charge in [0.25, 0.3) is 0 Å². The molecule has 0 aromatic heterocycles. The summed E-state index contributed by atoms with van der Waals surface area (Å²) in [6.45, 7) is 2.22. The summed E-state index contributed by atoms with van der Waals surface area (Å²) in [6, 6.07) is 6.19. The second-order valence-corrected chi connectivity index (χ2v) is 5.78. The van der Waals surface area contributed by atoms with E-state index >= 15 is 0 Å². The molecule has 1 aliphatic rings. The summed E-state index contributed by atoms with van der Waals surface area (Å²) in [5, 5.41) is 0. The molecule has 92 valence electrons. The molecule has 1 heterocycles. The second kappa shape index (κ2) is 5.83. The number of nitrogens with two attached hydrogens (primary N) is 1. The Labute approximate surface area is 116 Å². The number of hydrogen-bond acceptors (Lipinski definition) is 2. The number of halogens is 1. The summed E-state index contributed by atoms with van der Waals surface area (Å²) in [5.74, 6) is 0. The third kappa shape index (κ3) is 3.19. The monoisotopic (exact) mass is 312 g/mol. The zero-order valence-electron chi connectivity index (χ0n) is 9.79. The van der Waals surface area contributed by atoms with E-state index in [0.29, 0.717) is 4.99 Å². The van der Waals surface area contributed by atoms with Crippen LogP contribution in [-0.2, 0) is 0 Å². The highest BCUT2D eigenvalue weighted by molar-refractivity contribution is 9.10. The fourth-order valence-electron chi connectivity index (χ4n) is 2.29. The maximum Gasteiger partial charge on any atom is 0.106 e. The molecule has 2 rings (SSSR count). The van der Waals surface area contributed by atoms with Crippen molar-refractivity contribution in [3.05, 3.63) is 28.2 Å². The first-order valence-corrected chi connectivity index (χ1v) is 7.23. The van der Waals surface area contributed by atoms with E-state index in [2.05, 4.69) is 33.0 Å². The van der Waals surface area contributed by atoms with Gasteiger partial charge in [0.15, 0.2) is 0 Å². The summed E-state index contributed by atoms with van der Waals surface area (Å²) in [6.07, 6.45) is 5.17. The van der Waals surface area contributed by atoms with E-state index in [9.17, 15) is 0 Å². The lowest BCUT2D eigenvalue weighted by molar-refractivity contribution is 0.726. The zero-order chi connectivity index (χ0) is 12.3. The predicted molar refractivity (Wildman–Crippen MR) is 80.7 cm³/mol. The summed E-state index contributed by atoms with van der Waals surface area (Å²) >= 11 is 8.61. The normalized spacial score (nSPS) is 16.6. The van der Waals surface area contributed by atoms with Crippen LogP contribution in [0.25, 0.3) is 0 Å². The van der Waals surface area contributed by atoms with Crippen LogP contribution in [0.15, 0.2) is 22.7 Å². The van der Waals surface area contributed by atoms with E-state index in [1.165, 1.54) is 31.4 Å². The third-order valence-electron chi connectivity index (χ3n) is 3.17. The van der Waals surface area contributed by atoms with Crippen molar-refractivity contribution < 1.29 is 0 Å². The number of nitrogens with zero attached hydrogens (tertiary/aromatic N) is 1. The van der Waals surface area contributed by atoms with Gasteiger partial charge in [0.05, 0.1) is 0 Å². The zero-order valence-corrected chi connectivity index (χ0v) is 12.2. The van der Waals surface area contributed by atoms with E-state index < -0.39 is 0 Å². The number of rotatable bonds is 2. The maximum absolute atomic E-state index is 5.81. The molecule has 1 aromatic carbocycles. The molecule has 0 atom stereocenters. The molecule has 1 aliphatic heterocycles. The SMILES string of the molecule is NC(=S)c1cc(Br)ccc1N1CCCCCC1. The minimum atomic E-state index is 0.477. The maximum atomic E-state index is 5.81. The lowest BCUT2D eigenvalue weighted by atomic mass is 10.1. The van der Waals surface area contributed by atoms with Gasteiger partial charge in [-0.2, -0.15) is 0 Å². The molecule has 0 unspecified atom stereocenters. The molecular weight excluding hydrogens is 296 g/mol. The molecule has 2 nitrogen and oxygen atoms in total. The van der Waals surface area contributed by atoms with Gasteiger partial charge in [-0.15, -0.1) is 0 Å². The first kappa shape index (κ1) is 12.8. The van der Waals surface area contributed by atoms with Gasteiger partial charge in [-0.05, 0) is 31.0 Å². The van der Waals surface area contributed by atoms with E-state index in [1.54, 1.807) is 0 Å². The predicted octanol–water partition coefficient (Wildman–Crippen LogP) is 3.46. The van der Waals surface area contributed by atoms with Crippen LogP contribution in [-0.4, -0.2) is 18.1 Å². The molecule has 1 aromatic rings. The van der Waals surface area contributed by atoms with Crippen molar-refractivity contribution in [1.29, 1.82) is 0 Å². The second-order valence-electron chi connectivity index (χ2n) is 4.43. The average molecular weight is 313 g/mol. The summed E-state index contributed by atoms with van der Waals surface area (Å²) in [4.78, 5) is 2.89. The molecule has 0 bridgehead atoms. The van der Waals surface area contributed by atoms with Gasteiger partial charge in [0, 0.05) is 28.8 Å². The van der Waals surface area contributed by atoms with Crippen molar-refractivity contribution in [2.45, 2.75) is 25.7 Å². The van der Waals surface area contributed by atoms with Gasteiger partial charge in [0.2, 0.25) is 0 Å². The van der Waals surface area contributed by atoms with E-state index in [-0.39, 0.29) is 0 Å². The number of hydrogen-bond donors (Lipinski definition) is 1. The lowest BCUT2D eigenvalue weighted by Crippen LogP contribution is -2.27. The highest BCUT2D eigenvalue weighted by Gasteiger charge is 2.14. The van der Waals surface area contributed by atoms with Crippen LogP contribution >= 0.6 is 28.1 Å². The quantitative estimate of drug-likeness (QED) is 0.848. The van der Waals surface area contributed by atoms with Gasteiger partial charge in [-0.25, -0.2) is 0 Å². The Morgan fingerprint density at radius 2 is 1.82 bits per heavy atom. The minimum absolute atomic E-state index is 0.477. The minimum Gasteiger partial charge on any atom is -0.389 e. The topological polar surface area (TPSA) is 29.3 Å². The summed E-state index contributed by atoms with van der Waals surface area (Å²) in [7, 11) is 0. The van der Waals surface area contributed by atoms with Crippen LogP contribution in [0, 0.1) is 0 Å². The Morgan fingerprint density at radius 3 is 2.41 bits per heavy atom. The third-order valence-corrected chi connectivity index (χ3v) is 3.88. The van der Waals surface area contributed by atoms with E-state index in [0.717, 1.165) is 23.1 Å². The van der Waals surface area contributed by atoms with Gasteiger partial charge in [-0.3, -0.25) is 0 Å². The fraction of sp³-hybridized carbons (Fsp3) is 0.462. The lowest BCUT2D eigenvalue weighted by Gasteiger charge is -2.25. The van der Waals surface area contributed by atoms with Crippen LogP contribution in [0.3, 0.4) is 0 Å². The first-order chi connectivity index (χ1) is 8.18. The molecule has 0 spiro atoms. The van der Waals surface area contributed by atoms with Crippen LogP contribution in [0.2, 0.25) is 0 Å². The molecule has 0 radical (unpaired) electrons. The van der Waals surface area contributed by atoms with Gasteiger partial charge >= 0.3 is 0 Å². The molecule has 17 heavy (non-hydrogen) atoms. The van der Waals surface area contributed by atoms with Crippen molar-refractivity contribution >= 4 is 38.8 Å². The van der Waals surface area contributed by atoms with Crippen LogP contribution in [0.4, 0.5) is 5.69 Å². The van der Waals surface area contributed by atoms with Gasteiger partial charge in [0.1, 0.15) is 4.99 Å². The van der Waals surface area contributed by atoms with Crippen LogP contribution in [0.1, 0.15) is 31.2 Å². The standard InChI is InChI=1S/C13H17BrN2S/c14-10-5-6-12(11(9-10)13(15)17)16-7-3-1-2-4-8-16/h5-6,9H,1-4,7-8H2,(H2,15,17). The van der Waals surface area contributed by atoms with E-state index in [4.69, 9.17) is 18.0 Å². The molecule has 1 saturated heterocycles. The van der Waals surface area contributed by atoms with Gasteiger partial charge in [-0.1, -0.05) is 41.0 Å². The molecule has 2 N–H and O–H groups in total. The summed E-state index contributed by atoms with van der Waals surface area (Å²) < 4.78 is 1.03. The average Bonchev–Trinajstić information content (AvgIpc) is 2.57. The van der Waals surface area contributed by atoms with Crippen molar-refractivity contribution in [2.24, 2.45) is 5.73 Å². The molecule has 4 heteroatoms. The first-order valence-electron chi connectivity index (χ1n) is 6.03. The highest BCUT2D eigenvalue weighted by atomic mass is 79.9. The highest BCUT2D eigenvalue weighted by Crippen LogP contribution is 2.26. The molecule has 0 amide bonds. The largest absolute Gasteiger partial charge is 0.389 e. The number of thiocarbonyl (C=S) groups is 1. The van der Waals surface area contributed by atoms with Crippen molar-refractivity contribution in [1.82, 2.24) is 0 Å². The molecule has 1 fully saturated rings. The number of benzene rings is 1. The van der Waals surface area contributed by atoms with E-state index in [1.807, 2.05) is 6.07 Å². The molecule has 0 aliphatic carbocycles. The van der Waals surface area contributed by atoms with Crippen molar-refractivity contribution in [3.63, 3.8) is 0 Å². The van der Waals surface area contributed by atoms with Crippen LogP contribution in [0.5, 0.6) is 0 Å². The van der Waals surface area contributed by atoms with Gasteiger partial charge < -0.3 is 10.6 Å². The summed E-state index contributed by atoms with van der Waals surface area (Å²) in [5.41, 5.74) is 7.98. The Hall–Kier alpha value is -0.610. The van der Waals surface area contributed by atoms with Crippen molar-refractivity contribution in [3.8, 4) is 0 Å². The smallest absolute Gasteiger partial charge is 0.106 e. The fourth-order valence-corrected chi connectivity index (χ4v) is 2.82. The Morgan fingerprint density at radius 1 is 1.18 bits per heavy atom. The van der Waals surface area contributed by atoms with Crippen LogP contribution < -0.4 is 10.6 Å². The number of anilines is 1. The Balaban J connectivity index is 2.32. The Kier molecular flexibility index (Phi) is 4.40. The molecule has 0 saturated carbocycles.